The number of carbonyl (C=O) groups is 3. The third-order valence-electron chi connectivity index (χ3n) is 11.0. The van der Waals surface area contributed by atoms with Gasteiger partial charge in [-0.05, 0) is 77.0 Å². The molecule has 61 heavy (non-hydrogen) atoms. The number of hydrogen-bond donors (Lipinski definition) is 0. The summed E-state index contributed by atoms with van der Waals surface area (Å²) in [5.41, 5.74) is 0. The van der Waals surface area contributed by atoms with Gasteiger partial charge in [0.05, 0.1) is 0 Å². The van der Waals surface area contributed by atoms with E-state index < -0.39 is 6.10 Å². The van der Waals surface area contributed by atoms with Crippen molar-refractivity contribution in [2.75, 3.05) is 13.2 Å². The summed E-state index contributed by atoms with van der Waals surface area (Å²) in [5, 5.41) is 0. The molecular weight excluding hydrogens is 757 g/mol. The lowest BCUT2D eigenvalue weighted by atomic mass is 10.0. The monoisotopic (exact) mass is 853 g/mol. The smallest absolute Gasteiger partial charge is 0.306 e. The molecule has 0 aliphatic rings. The maximum absolute atomic E-state index is 12.7. The SMILES string of the molecule is CC/C=C\C/C=C\C/C=C\C/C=C\CCCCCCCCCCCCCCC(=O)OCC(COC(=O)CCCCCCCCCC)OC(=O)CCCCCCC/C=C\CCC. The second-order valence-electron chi connectivity index (χ2n) is 17.1. The van der Waals surface area contributed by atoms with E-state index in [1.807, 2.05) is 0 Å². The van der Waals surface area contributed by atoms with Crippen LogP contribution in [-0.2, 0) is 28.6 Å². The van der Waals surface area contributed by atoms with E-state index in [1.54, 1.807) is 0 Å². The molecule has 1 unspecified atom stereocenters. The lowest BCUT2D eigenvalue weighted by Gasteiger charge is -2.18. The van der Waals surface area contributed by atoms with Gasteiger partial charge in [0.2, 0.25) is 0 Å². The number of rotatable bonds is 46. The second kappa shape index (κ2) is 49.8. The van der Waals surface area contributed by atoms with Crippen molar-refractivity contribution in [1.29, 1.82) is 0 Å². The first kappa shape index (κ1) is 58.1. The summed E-state index contributed by atoms with van der Waals surface area (Å²) in [6.07, 6.45) is 60.9. The van der Waals surface area contributed by atoms with Gasteiger partial charge in [-0.2, -0.15) is 0 Å². The van der Waals surface area contributed by atoms with Crippen molar-refractivity contribution in [3.8, 4) is 0 Å². The molecular formula is C55H96O6. The van der Waals surface area contributed by atoms with Crippen LogP contribution in [0.5, 0.6) is 0 Å². The summed E-state index contributed by atoms with van der Waals surface area (Å²) < 4.78 is 16.7. The fraction of sp³-hybridized carbons (Fsp3) is 0.764. The molecule has 0 N–H and O–H groups in total. The van der Waals surface area contributed by atoms with Gasteiger partial charge < -0.3 is 14.2 Å². The molecule has 0 saturated carbocycles. The van der Waals surface area contributed by atoms with E-state index in [2.05, 4.69) is 81.5 Å². The second-order valence-corrected chi connectivity index (χ2v) is 17.1. The van der Waals surface area contributed by atoms with Crippen LogP contribution in [0, 0.1) is 0 Å². The number of allylic oxidation sites excluding steroid dienone is 10. The maximum atomic E-state index is 12.7. The van der Waals surface area contributed by atoms with Crippen LogP contribution in [0.25, 0.3) is 0 Å². The Kier molecular flexibility index (Phi) is 47.4. The summed E-state index contributed by atoms with van der Waals surface area (Å²) in [5.74, 6) is -0.891. The van der Waals surface area contributed by atoms with Crippen LogP contribution in [0.1, 0.15) is 252 Å². The highest BCUT2D eigenvalue weighted by Crippen LogP contribution is 2.15. The molecule has 0 saturated heterocycles. The maximum Gasteiger partial charge on any atom is 0.306 e. The number of unbranched alkanes of at least 4 members (excludes halogenated alkanes) is 25. The van der Waals surface area contributed by atoms with E-state index in [0.29, 0.717) is 19.3 Å². The van der Waals surface area contributed by atoms with Gasteiger partial charge in [-0.3, -0.25) is 14.4 Å². The average molecular weight is 853 g/mol. The zero-order valence-electron chi connectivity index (χ0n) is 40.2. The standard InChI is InChI=1S/C55H96O6/c1-4-7-10-13-16-19-21-22-23-24-25-26-27-28-29-30-31-32-33-34-35-37-39-42-45-48-54(57)60-51-52(50-59-53(56)47-44-41-38-18-15-12-9-6-3)61-55(58)49-46-43-40-36-20-17-14-11-8-5-2/h7,10-11,14,16,19,22-23,25-26,52H,4-6,8-9,12-13,15,17-18,20-21,24,27-51H2,1-3H3/b10-7-,14-11-,19-16-,23-22-,26-25-. The first-order valence-electron chi connectivity index (χ1n) is 25.8. The molecule has 0 radical (unpaired) electrons. The molecule has 0 aromatic carbocycles. The van der Waals surface area contributed by atoms with E-state index >= 15 is 0 Å². The summed E-state index contributed by atoms with van der Waals surface area (Å²) in [4.78, 5) is 37.7. The Labute approximate surface area is 377 Å². The van der Waals surface area contributed by atoms with Crippen molar-refractivity contribution < 1.29 is 28.6 Å². The first-order chi connectivity index (χ1) is 30.0. The molecule has 352 valence electrons. The Morgan fingerprint density at radius 2 is 0.672 bits per heavy atom. The highest BCUT2D eigenvalue weighted by molar-refractivity contribution is 5.71. The topological polar surface area (TPSA) is 78.9 Å². The number of hydrogen-bond acceptors (Lipinski definition) is 6. The van der Waals surface area contributed by atoms with E-state index in [9.17, 15) is 14.4 Å². The summed E-state index contributed by atoms with van der Waals surface area (Å²) >= 11 is 0. The molecule has 1 atom stereocenters. The lowest BCUT2D eigenvalue weighted by Crippen LogP contribution is -2.30. The Bertz CT molecular complexity index is 1120. The van der Waals surface area contributed by atoms with Gasteiger partial charge in [0.15, 0.2) is 6.10 Å². The van der Waals surface area contributed by atoms with Crippen molar-refractivity contribution in [2.45, 2.75) is 258 Å². The summed E-state index contributed by atoms with van der Waals surface area (Å²) in [7, 11) is 0. The molecule has 0 heterocycles. The molecule has 0 aromatic heterocycles. The van der Waals surface area contributed by atoms with Crippen molar-refractivity contribution in [3.05, 3.63) is 60.8 Å². The molecule has 0 aliphatic heterocycles. The Morgan fingerprint density at radius 1 is 0.344 bits per heavy atom. The molecule has 0 bridgehead atoms. The van der Waals surface area contributed by atoms with Crippen LogP contribution < -0.4 is 0 Å². The third kappa shape index (κ3) is 48.0. The van der Waals surface area contributed by atoms with Gasteiger partial charge in [0.1, 0.15) is 13.2 Å². The number of esters is 3. The first-order valence-corrected chi connectivity index (χ1v) is 25.8. The lowest BCUT2D eigenvalue weighted by molar-refractivity contribution is -0.167. The summed E-state index contributed by atoms with van der Waals surface area (Å²) in [6, 6.07) is 0. The third-order valence-corrected chi connectivity index (χ3v) is 11.0. The molecule has 0 rings (SSSR count). The molecule has 6 heteroatoms. The van der Waals surface area contributed by atoms with E-state index in [4.69, 9.17) is 14.2 Å². The minimum Gasteiger partial charge on any atom is -0.462 e. The largest absolute Gasteiger partial charge is 0.462 e. The predicted molar refractivity (Wildman–Crippen MR) is 261 cm³/mol. The van der Waals surface area contributed by atoms with Gasteiger partial charge in [-0.25, -0.2) is 0 Å². The number of ether oxygens (including phenoxy) is 3. The zero-order valence-corrected chi connectivity index (χ0v) is 40.2. The predicted octanol–water partition coefficient (Wildman–Crippen LogP) is 16.9. The van der Waals surface area contributed by atoms with E-state index in [1.165, 1.54) is 109 Å². The van der Waals surface area contributed by atoms with Crippen molar-refractivity contribution in [3.63, 3.8) is 0 Å². The minimum atomic E-state index is -0.773. The fourth-order valence-electron chi connectivity index (χ4n) is 7.14. The molecule has 0 fully saturated rings. The van der Waals surface area contributed by atoms with E-state index in [0.717, 1.165) is 103 Å². The van der Waals surface area contributed by atoms with Crippen molar-refractivity contribution in [1.82, 2.24) is 0 Å². The van der Waals surface area contributed by atoms with Gasteiger partial charge in [0.25, 0.3) is 0 Å². The van der Waals surface area contributed by atoms with Gasteiger partial charge in [0, 0.05) is 19.3 Å². The zero-order chi connectivity index (χ0) is 44.4. The van der Waals surface area contributed by atoms with Crippen LogP contribution in [0.2, 0.25) is 0 Å². The average Bonchev–Trinajstić information content (AvgIpc) is 3.26. The van der Waals surface area contributed by atoms with Gasteiger partial charge in [-0.1, -0.05) is 216 Å². The molecule has 0 aromatic rings. The van der Waals surface area contributed by atoms with Crippen LogP contribution in [0.15, 0.2) is 60.8 Å². The van der Waals surface area contributed by atoms with Crippen molar-refractivity contribution in [2.24, 2.45) is 0 Å². The number of carbonyl (C=O) groups excluding carboxylic acids is 3. The van der Waals surface area contributed by atoms with Crippen LogP contribution in [0.4, 0.5) is 0 Å². The van der Waals surface area contributed by atoms with Crippen LogP contribution in [-0.4, -0.2) is 37.2 Å². The van der Waals surface area contributed by atoms with Crippen LogP contribution in [0.3, 0.4) is 0 Å². The minimum absolute atomic E-state index is 0.0763. The Hall–Kier alpha value is -2.89. The van der Waals surface area contributed by atoms with Crippen LogP contribution >= 0.6 is 0 Å². The molecule has 6 nitrogen and oxygen atoms in total. The quantitative estimate of drug-likeness (QED) is 0.0263. The Morgan fingerprint density at radius 3 is 1.08 bits per heavy atom. The molecule has 0 aliphatic carbocycles. The summed E-state index contributed by atoms with van der Waals surface area (Å²) in [6.45, 7) is 6.43. The van der Waals surface area contributed by atoms with Gasteiger partial charge in [-0.15, -0.1) is 0 Å². The normalized spacial score (nSPS) is 12.5. The highest BCUT2D eigenvalue weighted by atomic mass is 16.6. The van der Waals surface area contributed by atoms with E-state index in [-0.39, 0.29) is 31.1 Å². The molecule has 0 spiro atoms. The highest BCUT2D eigenvalue weighted by Gasteiger charge is 2.19. The Balaban J connectivity index is 4.12. The fourth-order valence-corrected chi connectivity index (χ4v) is 7.14. The molecule has 0 amide bonds. The van der Waals surface area contributed by atoms with Gasteiger partial charge >= 0.3 is 17.9 Å². The van der Waals surface area contributed by atoms with Crippen molar-refractivity contribution >= 4 is 17.9 Å².